The van der Waals surface area contributed by atoms with Crippen LogP contribution in [-0.4, -0.2) is 5.78 Å². The Labute approximate surface area is 115 Å². The Morgan fingerprint density at radius 2 is 2.00 bits per heavy atom. The maximum Gasteiger partial charge on any atom is 0.140 e. The first-order chi connectivity index (χ1) is 9.29. The fraction of sp³-hybridized carbons (Fsp3) is 0.611. The monoisotopic (exact) mass is 254 g/mol. The van der Waals surface area contributed by atoms with Crippen molar-refractivity contribution in [3.8, 4) is 0 Å². The normalized spacial score (nSPS) is 31.7. The maximum atomic E-state index is 12.5. The maximum absolute atomic E-state index is 12.5. The minimum atomic E-state index is 0.395. The van der Waals surface area contributed by atoms with Crippen LogP contribution >= 0.6 is 0 Å². The van der Waals surface area contributed by atoms with Gasteiger partial charge in [0, 0.05) is 12.3 Å². The summed E-state index contributed by atoms with van der Waals surface area (Å²) in [5.74, 6) is 2.52. The second-order valence-electron chi connectivity index (χ2n) is 6.88. The second kappa shape index (κ2) is 4.47. The molecule has 3 aliphatic carbocycles. The predicted molar refractivity (Wildman–Crippen MR) is 76.1 cm³/mol. The average molecular weight is 254 g/mol. The van der Waals surface area contributed by atoms with Gasteiger partial charge in [0.25, 0.3) is 0 Å². The van der Waals surface area contributed by atoms with Crippen molar-refractivity contribution in [1.29, 1.82) is 0 Å². The van der Waals surface area contributed by atoms with Crippen LogP contribution < -0.4 is 0 Å². The molecule has 3 unspecified atom stereocenters. The molecular formula is C18H22O. The lowest BCUT2D eigenvalue weighted by atomic mass is 9.83. The summed E-state index contributed by atoms with van der Waals surface area (Å²) in [4.78, 5) is 12.5. The third-order valence-corrected chi connectivity index (χ3v) is 5.69. The first-order valence-corrected chi connectivity index (χ1v) is 7.93. The standard InChI is InChI=1S/C18H22O/c19-18(17-10-12-5-7-16(17)9-12)11-13-4-6-14-2-1-3-15(14)8-13/h4,6,8,12,16-17H,1-3,5,7,9-11H2. The number of fused-ring (bicyclic) bond motifs is 3. The summed E-state index contributed by atoms with van der Waals surface area (Å²) < 4.78 is 0. The highest BCUT2D eigenvalue weighted by Gasteiger charge is 2.42. The van der Waals surface area contributed by atoms with Gasteiger partial charge < -0.3 is 0 Å². The molecule has 4 rings (SSSR count). The molecule has 2 fully saturated rings. The van der Waals surface area contributed by atoms with Gasteiger partial charge in [-0.15, -0.1) is 0 Å². The van der Waals surface area contributed by atoms with Crippen LogP contribution in [0.15, 0.2) is 18.2 Å². The van der Waals surface area contributed by atoms with E-state index in [9.17, 15) is 4.79 Å². The Bertz CT molecular complexity index is 516. The molecule has 0 radical (unpaired) electrons. The molecule has 1 heteroatoms. The summed E-state index contributed by atoms with van der Waals surface area (Å²) in [6.45, 7) is 0. The molecule has 3 aliphatic rings. The van der Waals surface area contributed by atoms with Crippen LogP contribution in [0.5, 0.6) is 0 Å². The Morgan fingerprint density at radius 3 is 2.79 bits per heavy atom. The molecule has 0 spiro atoms. The summed E-state index contributed by atoms with van der Waals surface area (Å²) in [5, 5.41) is 0. The molecule has 19 heavy (non-hydrogen) atoms. The van der Waals surface area contributed by atoms with E-state index in [0.29, 0.717) is 18.1 Å². The minimum absolute atomic E-state index is 0.395. The lowest BCUT2D eigenvalue weighted by molar-refractivity contribution is -0.123. The third-order valence-electron chi connectivity index (χ3n) is 5.69. The minimum Gasteiger partial charge on any atom is -0.299 e. The van der Waals surface area contributed by atoms with E-state index in [-0.39, 0.29) is 0 Å². The number of carbonyl (C=O) groups excluding carboxylic acids is 1. The molecule has 0 amide bonds. The number of ketones is 1. The quantitative estimate of drug-likeness (QED) is 0.803. The van der Waals surface area contributed by atoms with E-state index in [0.717, 1.165) is 11.8 Å². The van der Waals surface area contributed by atoms with Crippen molar-refractivity contribution >= 4 is 5.78 Å². The van der Waals surface area contributed by atoms with Gasteiger partial charge in [0.05, 0.1) is 0 Å². The topological polar surface area (TPSA) is 17.1 Å². The largest absolute Gasteiger partial charge is 0.299 e. The van der Waals surface area contributed by atoms with Crippen LogP contribution in [-0.2, 0) is 24.1 Å². The Balaban J connectivity index is 1.48. The zero-order valence-electron chi connectivity index (χ0n) is 11.5. The number of hydrogen-bond acceptors (Lipinski definition) is 1. The molecule has 1 aromatic rings. The van der Waals surface area contributed by atoms with E-state index >= 15 is 0 Å². The summed E-state index contributed by atoms with van der Waals surface area (Å²) in [7, 11) is 0. The van der Waals surface area contributed by atoms with E-state index in [4.69, 9.17) is 0 Å². The number of Topliss-reactive ketones (excluding diaryl/α,β-unsaturated/α-hetero) is 1. The second-order valence-corrected chi connectivity index (χ2v) is 6.88. The van der Waals surface area contributed by atoms with Crippen molar-refractivity contribution in [2.45, 2.75) is 51.4 Å². The van der Waals surface area contributed by atoms with Gasteiger partial charge in [0.2, 0.25) is 0 Å². The molecule has 0 aromatic heterocycles. The summed E-state index contributed by atoms with van der Waals surface area (Å²) in [5.41, 5.74) is 4.27. The van der Waals surface area contributed by atoms with Crippen molar-refractivity contribution < 1.29 is 4.79 Å². The fourth-order valence-corrected chi connectivity index (χ4v) is 4.71. The lowest BCUT2D eigenvalue weighted by Crippen LogP contribution is -2.22. The van der Waals surface area contributed by atoms with Crippen LogP contribution in [0, 0.1) is 17.8 Å². The molecular weight excluding hydrogens is 232 g/mol. The lowest BCUT2D eigenvalue weighted by Gasteiger charge is -2.20. The van der Waals surface area contributed by atoms with Crippen LogP contribution in [0.1, 0.15) is 48.8 Å². The summed E-state index contributed by atoms with van der Waals surface area (Å²) in [6, 6.07) is 6.74. The number of aryl methyl sites for hydroxylation is 2. The number of hydrogen-bond donors (Lipinski definition) is 0. The zero-order chi connectivity index (χ0) is 12.8. The van der Waals surface area contributed by atoms with Crippen LogP contribution in [0.3, 0.4) is 0 Å². The van der Waals surface area contributed by atoms with Gasteiger partial charge in [0.15, 0.2) is 0 Å². The number of rotatable bonds is 3. The third kappa shape index (κ3) is 2.04. The van der Waals surface area contributed by atoms with E-state index in [1.54, 1.807) is 0 Å². The molecule has 1 nitrogen and oxygen atoms in total. The van der Waals surface area contributed by atoms with E-state index in [1.807, 2.05) is 0 Å². The highest BCUT2D eigenvalue weighted by atomic mass is 16.1. The van der Waals surface area contributed by atoms with Crippen LogP contribution in [0.4, 0.5) is 0 Å². The van der Waals surface area contributed by atoms with Crippen LogP contribution in [0.2, 0.25) is 0 Å². The van der Waals surface area contributed by atoms with Gasteiger partial charge in [0.1, 0.15) is 5.78 Å². The molecule has 0 saturated heterocycles. The van der Waals surface area contributed by atoms with Gasteiger partial charge >= 0.3 is 0 Å². The Hall–Kier alpha value is -1.11. The first kappa shape index (κ1) is 11.7. The van der Waals surface area contributed by atoms with Crippen molar-refractivity contribution in [3.63, 3.8) is 0 Å². The van der Waals surface area contributed by atoms with Gasteiger partial charge in [-0.25, -0.2) is 0 Å². The predicted octanol–water partition coefficient (Wildman–Crippen LogP) is 3.72. The zero-order valence-corrected chi connectivity index (χ0v) is 11.5. The van der Waals surface area contributed by atoms with E-state index in [2.05, 4.69) is 18.2 Å². The van der Waals surface area contributed by atoms with Crippen molar-refractivity contribution in [2.24, 2.45) is 17.8 Å². The highest BCUT2D eigenvalue weighted by molar-refractivity contribution is 5.84. The molecule has 100 valence electrons. The van der Waals surface area contributed by atoms with Gasteiger partial charge in [-0.3, -0.25) is 4.79 Å². The first-order valence-electron chi connectivity index (χ1n) is 7.93. The van der Waals surface area contributed by atoms with Gasteiger partial charge in [-0.1, -0.05) is 24.6 Å². The van der Waals surface area contributed by atoms with Crippen molar-refractivity contribution in [1.82, 2.24) is 0 Å². The summed E-state index contributed by atoms with van der Waals surface area (Å²) in [6.07, 6.45) is 9.63. The summed E-state index contributed by atoms with van der Waals surface area (Å²) >= 11 is 0. The fourth-order valence-electron chi connectivity index (χ4n) is 4.71. The van der Waals surface area contributed by atoms with Gasteiger partial charge in [-0.2, -0.15) is 0 Å². The molecule has 0 heterocycles. The van der Waals surface area contributed by atoms with Gasteiger partial charge in [-0.05, 0) is 67.1 Å². The smallest absolute Gasteiger partial charge is 0.140 e. The molecule has 0 aliphatic heterocycles. The van der Waals surface area contributed by atoms with Crippen molar-refractivity contribution in [2.75, 3.05) is 0 Å². The van der Waals surface area contributed by atoms with E-state index < -0.39 is 0 Å². The number of benzene rings is 1. The van der Waals surface area contributed by atoms with E-state index in [1.165, 1.54) is 61.6 Å². The molecule has 2 bridgehead atoms. The Kier molecular flexibility index (Phi) is 2.75. The van der Waals surface area contributed by atoms with Crippen molar-refractivity contribution in [3.05, 3.63) is 34.9 Å². The molecule has 3 atom stereocenters. The molecule has 1 aromatic carbocycles. The number of carbonyl (C=O) groups is 1. The highest BCUT2D eigenvalue weighted by Crippen LogP contribution is 2.48. The molecule has 0 N–H and O–H groups in total. The molecule has 2 saturated carbocycles. The van der Waals surface area contributed by atoms with Crippen LogP contribution in [0.25, 0.3) is 0 Å². The Morgan fingerprint density at radius 1 is 1.11 bits per heavy atom. The SMILES string of the molecule is O=C(Cc1ccc2c(c1)CCC2)C1CC2CCC1C2. The average Bonchev–Trinajstić information content (AvgIpc) is 3.13.